The fraction of sp³-hybridized carbons (Fsp3) is 0.0526. The zero-order chi connectivity index (χ0) is 15.8. The molecule has 0 bridgehead atoms. The van der Waals surface area contributed by atoms with Crippen LogP contribution in [0.25, 0.3) is 33.2 Å². The highest BCUT2D eigenvalue weighted by Gasteiger charge is 2.10. The van der Waals surface area contributed by atoms with E-state index in [9.17, 15) is 0 Å². The van der Waals surface area contributed by atoms with Gasteiger partial charge in [-0.25, -0.2) is 0 Å². The van der Waals surface area contributed by atoms with E-state index in [0.717, 1.165) is 33.2 Å². The third-order valence-electron chi connectivity index (χ3n) is 3.94. The summed E-state index contributed by atoms with van der Waals surface area (Å²) in [4.78, 5) is 0. The van der Waals surface area contributed by atoms with Gasteiger partial charge in [0.05, 0.1) is 24.1 Å². The third-order valence-corrected chi connectivity index (χ3v) is 3.94. The zero-order valence-corrected chi connectivity index (χ0v) is 12.5. The molecule has 2 heterocycles. The van der Waals surface area contributed by atoms with Gasteiger partial charge in [-0.2, -0.15) is 10.4 Å². The fourth-order valence-electron chi connectivity index (χ4n) is 2.73. The third kappa shape index (κ3) is 2.29. The Hall–Kier alpha value is -3.32. The van der Waals surface area contributed by atoms with Crippen LogP contribution in [0.4, 0.5) is 0 Å². The molecule has 0 radical (unpaired) electrons. The number of benzene rings is 2. The molecule has 4 aromatic rings. The highest BCUT2D eigenvalue weighted by Crippen LogP contribution is 2.33. The number of hydrogen-bond donors (Lipinski definition) is 0. The van der Waals surface area contributed by atoms with Gasteiger partial charge < -0.3 is 4.42 Å². The van der Waals surface area contributed by atoms with Gasteiger partial charge in [0, 0.05) is 29.8 Å². The summed E-state index contributed by atoms with van der Waals surface area (Å²) < 4.78 is 7.52. The molecule has 4 nitrogen and oxygen atoms in total. The first-order valence-corrected chi connectivity index (χ1v) is 7.25. The number of furan rings is 1. The molecule has 110 valence electrons. The van der Waals surface area contributed by atoms with Crippen LogP contribution in [0.15, 0.2) is 65.5 Å². The van der Waals surface area contributed by atoms with Crippen LogP contribution < -0.4 is 0 Å². The molecule has 0 unspecified atom stereocenters. The molecule has 0 N–H and O–H groups in total. The maximum Gasteiger partial charge on any atom is 0.135 e. The number of hydrogen-bond acceptors (Lipinski definition) is 3. The Morgan fingerprint density at radius 3 is 2.52 bits per heavy atom. The summed E-state index contributed by atoms with van der Waals surface area (Å²) in [5, 5.41) is 14.2. The maximum atomic E-state index is 8.90. The number of rotatable bonds is 2. The largest absolute Gasteiger partial charge is 0.464 e. The van der Waals surface area contributed by atoms with Gasteiger partial charge in [-0.3, -0.25) is 4.68 Å². The van der Waals surface area contributed by atoms with Crippen molar-refractivity contribution in [1.29, 1.82) is 5.26 Å². The van der Waals surface area contributed by atoms with Crippen molar-refractivity contribution in [2.45, 2.75) is 0 Å². The van der Waals surface area contributed by atoms with Gasteiger partial charge in [-0.1, -0.05) is 18.2 Å². The first kappa shape index (κ1) is 13.4. The van der Waals surface area contributed by atoms with E-state index in [-0.39, 0.29) is 0 Å². The number of aromatic nitrogens is 2. The minimum absolute atomic E-state index is 0.653. The lowest BCUT2D eigenvalue weighted by molar-refractivity contribution is 0.617. The summed E-state index contributed by atoms with van der Waals surface area (Å²) in [6.45, 7) is 0. The van der Waals surface area contributed by atoms with E-state index >= 15 is 0 Å². The summed E-state index contributed by atoms with van der Waals surface area (Å²) in [5.74, 6) is 0. The van der Waals surface area contributed by atoms with Crippen molar-refractivity contribution in [3.8, 4) is 28.3 Å². The van der Waals surface area contributed by atoms with Crippen LogP contribution in [-0.2, 0) is 7.05 Å². The van der Waals surface area contributed by atoms with Gasteiger partial charge in [0.2, 0.25) is 0 Å². The normalized spacial score (nSPS) is 10.8. The van der Waals surface area contributed by atoms with Crippen molar-refractivity contribution in [3.63, 3.8) is 0 Å². The van der Waals surface area contributed by atoms with Crippen molar-refractivity contribution in [3.05, 3.63) is 66.7 Å². The minimum Gasteiger partial charge on any atom is -0.464 e. The smallest absolute Gasteiger partial charge is 0.135 e. The molecule has 4 rings (SSSR count). The zero-order valence-electron chi connectivity index (χ0n) is 12.5. The van der Waals surface area contributed by atoms with Crippen LogP contribution in [-0.4, -0.2) is 9.78 Å². The van der Waals surface area contributed by atoms with Crippen LogP contribution in [0.5, 0.6) is 0 Å². The van der Waals surface area contributed by atoms with Crippen molar-refractivity contribution in [2.75, 3.05) is 0 Å². The topological polar surface area (TPSA) is 54.8 Å². The molecule has 2 aromatic carbocycles. The Balaban J connectivity index is 1.79. The average Bonchev–Trinajstić information content (AvgIpc) is 3.20. The first-order chi connectivity index (χ1) is 11.2. The minimum atomic E-state index is 0.653. The quantitative estimate of drug-likeness (QED) is 0.552. The Bertz CT molecular complexity index is 1030. The summed E-state index contributed by atoms with van der Waals surface area (Å²) in [6, 6.07) is 15.8. The van der Waals surface area contributed by atoms with E-state index < -0.39 is 0 Å². The van der Waals surface area contributed by atoms with Gasteiger partial charge in [0.1, 0.15) is 5.58 Å². The van der Waals surface area contributed by atoms with Crippen LogP contribution in [0.3, 0.4) is 0 Å². The second kappa shape index (κ2) is 5.15. The molecule has 0 aliphatic carbocycles. The Kier molecular flexibility index (Phi) is 2.99. The average molecular weight is 299 g/mol. The van der Waals surface area contributed by atoms with Gasteiger partial charge >= 0.3 is 0 Å². The predicted molar refractivity (Wildman–Crippen MR) is 88.6 cm³/mol. The van der Waals surface area contributed by atoms with E-state index in [1.807, 2.05) is 49.8 Å². The molecule has 0 aliphatic rings. The molecule has 23 heavy (non-hydrogen) atoms. The van der Waals surface area contributed by atoms with E-state index in [1.54, 1.807) is 10.9 Å². The summed E-state index contributed by atoms with van der Waals surface area (Å²) in [5.41, 5.74) is 5.70. The van der Waals surface area contributed by atoms with Crippen molar-refractivity contribution < 1.29 is 4.42 Å². The number of aryl methyl sites for hydroxylation is 1. The van der Waals surface area contributed by atoms with E-state index in [2.05, 4.69) is 23.3 Å². The lowest BCUT2D eigenvalue weighted by Gasteiger charge is -2.00. The van der Waals surface area contributed by atoms with Crippen molar-refractivity contribution in [1.82, 2.24) is 9.78 Å². The highest BCUT2D eigenvalue weighted by molar-refractivity contribution is 5.96. The molecule has 0 atom stereocenters. The van der Waals surface area contributed by atoms with Crippen molar-refractivity contribution >= 4 is 11.0 Å². The lowest BCUT2D eigenvalue weighted by Crippen LogP contribution is -1.84. The van der Waals surface area contributed by atoms with Gasteiger partial charge in [0.25, 0.3) is 0 Å². The summed E-state index contributed by atoms with van der Waals surface area (Å²) in [7, 11) is 1.90. The lowest BCUT2D eigenvalue weighted by atomic mass is 10.0. The van der Waals surface area contributed by atoms with Crippen LogP contribution in [0, 0.1) is 11.3 Å². The van der Waals surface area contributed by atoms with E-state index in [0.29, 0.717) is 5.56 Å². The highest BCUT2D eigenvalue weighted by atomic mass is 16.3. The first-order valence-electron chi connectivity index (χ1n) is 7.25. The molecule has 0 fully saturated rings. The number of nitrogens with zero attached hydrogens (tertiary/aromatic N) is 3. The maximum absolute atomic E-state index is 8.90. The Morgan fingerprint density at radius 1 is 1.04 bits per heavy atom. The Labute approximate surface area is 133 Å². The van der Waals surface area contributed by atoms with E-state index in [1.165, 1.54) is 0 Å². The van der Waals surface area contributed by atoms with Gasteiger partial charge in [0.15, 0.2) is 0 Å². The van der Waals surface area contributed by atoms with Crippen molar-refractivity contribution in [2.24, 2.45) is 7.05 Å². The Morgan fingerprint density at radius 2 is 1.83 bits per heavy atom. The van der Waals surface area contributed by atoms with Gasteiger partial charge in [-0.15, -0.1) is 0 Å². The number of fused-ring (bicyclic) bond motifs is 1. The van der Waals surface area contributed by atoms with Crippen LogP contribution >= 0.6 is 0 Å². The molecular formula is C19H13N3O. The SMILES string of the molecule is Cn1cc(-c2ccc3c(-c4ccc(C#N)cc4)coc3c2)cn1. The molecule has 0 saturated carbocycles. The van der Waals surface area contributed by atoms with Gasteiger partial charge in [-0.05, 0) is 35.4 Å². The predicted octanol–water partition coefficient (Wildman–Crippen LogP) is 4.37. The number of nitriles is 1. The molecule has 2 aromatic heterocycles. The monoisotopic (exact) mass is 299 g/mol. The summed E-state index contributed by atoms with van der Waals surface area (Å²) >= 11 is 0. The van der Waals surface area contributed by atoms with Crippen LogP contribution in [0.1, 0.15) is 5.56 Å². The fourth-order valence-corrected chi connectivity index (χ4v) is 2.73. The summed E-state index contributed by atoms with van der Waals surface area (Å²) in [6.07, 6.45) is 5.58. The second-order valence-electron chi connectivity index (χ2n) is 5.45. The second-order valence-corrected chi connectivity index (χ2v) is 5.45. The molecule has 0 aliphatic heterocycles. The van der Waals surface area contributed by atoms with E-state index in [4.69, 9.17) is 9.68 Å². The molecular weight excluding hydrogens is 286 g/mol. The molecule has 0 spiro atoms. The molecule has 4 heteroatoms. The van der Waals surface area contributed by atoms with Crippen LogP contribution in [0.2, 0.25) is 0 Å². The standard InChI is InChI=1S/C19H13N3O/c1-22-11-16(10-21-22)15-6-7-17-18(12-23-19(17)8-15)14-4-2-13(9-20)3-5-14/h2-8,10-12H,1H3. The molecule has 0 amide bonds. The molecule has 0 saturated heterocycles.